The second kappa shape index (κ2) is 5.39. The minimum atomic E-state index is -0.449. The van der Waals surface area contributed by atoms with E-state index in [1.165, 1.54) is 5.56 Å². The molecule has 3 nitrogen and oxygen atoms in total. The van der Waals surface area contributed by atoms with E-state index in [1.807, 2.05) is 6.07 Å². The lowest BCUT2D eigenvalue weighted by Gasteiger charge is -2.30. The maximum Gasteiger partial charge on any atom is 0.107 e. The van der Waals surface area contributed by atoms with Gasteiger partial charge in [0, 0.05) is 6.42 Å². The molecule has 0 amide bonds. The number of nitrogens with one attached hydrogen (secondary N) is 1. The third kappa shape index (κ3) is 2.74. The Labute approximate surface area is 109 Å². The Morgan fingerprint density at radius 2 is 2.00 bits per heavy atom. The highest BCUT2D eigenvalue weighted by Gasteiger charge is 2.43. The van der Waals surface area contributed by atoms with Gasteiger partial charge in [0.15, 0.2) is 0 Å². The van der Waals surface area contributed by atoms with Gasteiger partial charge in [0.05, 0.1) is 11.6 Å². The molecule has 0 aliphatic carbocycles. The summed E-state index contributed by atoms with van der Waals surface area (Å²) in [6.45, 7) is 6.20. The van der Waals surface area contributed by atoms with Gasteiger partial charge in [0.25, 0.3) is 0 Å². The van der Waals surface area contributed by atoms with Crippen LogP contribution in [0.2, 0.25) is 0 Å². The average molecular weight is 249 g/mol. The number of benzene rings is 1. The normalized spacial score (nSPS) is 29.7. The molecule has 1 aromatic rings. The zero-order valence-corrected chi connectivity index (χ0v) is 11.4. The van der Waals surface area contributed by atoms with E-state index in [1.54, 1.807) is 6.92 Å². The summed E-state index contributed by atoms with van der Waals surface area (Å²) in [5.41, 5.74) is 4.26. The van der Waals surface area contributed by atoms with Crippen LogP contribution in [-0.4, -0.2) is 17.3 Å². The van der Waals surface area contributed by atoms with Gasteiger partial charge in [-0.15, -0.1) is 0 Å². The van der Waals surface area contributed by atoms with E-state index < -0.39 is 6.10 Å². The number of hydrogen-bond donors (Lipinski definition) is 2. The first-order valence-corrected chi connectivity index (χ1v) is 6.70. The Hall–Kier alpha value is -0.900. The molecular weight excluding hydrogens is 226 g/mol. The topological polar surface area (TPSA) is 41.5 Å². The lowest BCUT2D eigenvalue weighted by molar-refractivity contribution is -0.0463. The van der Waals surface area contributed by atoms with Crippen LogP contribution in [0.15, 0.2) is 30.3 Å². The molecule has 0 bridgehead atoms. The van der Waals surface area contributed by atoms with Crippen LogP contribution in [0.3, 0.4) is 0 Å². The van der Waals surface area contributed by atoms with Crippen LogP contribution >= 0.6 is 0 Å². The Kier molecular flexibility index (Phi) is 4.05. The largest absolute Gasteiger partial charge is 0.391 e. The van der Waals surface area contributed by atoms with E-state index in [0.717, 1.165) is 12.8 Å². The zero-order chi connectivity index (χ0) is 13.2. The summed E-state index contributed by atoms with van der Waals surface area (Å²) in [4.78, 5) is 5.59. The van der Waals surface area contributed by atoms with Crippen molar-refractivity contribution in [3.8, 4) is 0 Å². The van der Waals surface area contributed by atoms with Crippen molar-refractivity contribution in [2.75, 3.05) is 0 Å². The molecule has 0 spiro atoms. The predicted octanol–water partition coefficient (Wildman–Crippen LogP) is 2.60. The fourth-order valence-electron chi connectivity index (χ4n) is 2.76. The predicted molar refractivity (Wildman–Crippen MR) is 71.9 cm³/mol. The van der Waals surface area contributed by atoms with Crippen LogP contribution in [-0.2, 0) is 10.4 Å². The van der Waals surface area contributed by atoms with E-state index in [4.69, 9.17) is 4.84 Å². The van der Waals surface area contributed by atoms with Crippen LogP contribution in [0, 0.1) is 5.92 Å². The van der Waals surface area contributed by atoms with Crippen LogP contribution in [0.4, 0.5) is 0 Å². The van der Waals surface area contributed by atoms with E-state index in [2.05, 4.69) is 43.6 Å². The Balaban J connectivity index is 2.26. The van der Waals surface area contributed by atoms with E-state index in [0.29, 0.717) is 5.92 Å². The number of rotatable bonds is 4. The monoisotopic (exact) mass is 249 g/mol. The molecule has 1 saturated heterocycles. The molecule has 100 valence electrons. The molecule has 3 atom stereocenters. The van der Waals surface area contributed by atoms with Crippen molar-refractivity contribution >= 4 is 0 Å². The number of aliphatic hydroxyl groups excluding tert-OH is 1. The van der Waals surface area contributed by atoms with Gasteiger partial charge in [-0.1, -0.05) is 44.2 Å². The standard InChI is InChI=1S/C15H23NO2/c1-11(2)9-15(13-7-5-4-6-8-13)10-14(12(3)17)18-16-15/h4-8,11-12,14,16-17H,9-10H2,1-3H3/t12-,14-,15-/m1/s1. The van der Waals surface area contributed by atoms with Crippen molar-refractivity contribution in [3.05, 3.63) is 35.9 Å². The van der Waals surface area contributed by atoms with Crippen LogP contribution < -0.4 is 5.48 Å². The highest BCUT2D eigenvalue weighted by Crippen LogP contribution is 2.38. The average Bonchev–Trinajstić information content (AvgIpc) is 2.75. The van der Waals surface area contributed by atoms with E-state index >= 15 is 0 Å². The number of hydrogen-bond acceptors (Lipinski definition) is 3. The van der Waals surface area contributed by atoms with Crippen molar-refractivity contribution in [3.63, 3.8) is 0 Å². The molecule has 2 N–H and O–H groups in total. The Morgan fingerprint density at radius 1 is 1.33 bits per heavy atom. The quantitative estimate of drug-likeness (QED) is 0.862. The van der Waals surface area contributed by atoms with Gasteiger partial charge in [-0.05, 0) is 24.8 Å². The van der Waals surface area contributed by atoms with Gasteiger partial charge >= 0.3 is 0 Å². The van der Waals surface area contributed by atoms with Gasteiger partial charge < -0.3 is 5.11 Å². The molecule has 0 unspecified atom stereocenters. The maximum absolute atomic E-state index is 9.70. The van der Waals surface area contributed by atoms with E-state index in [-0.39, 0.29) is 11.6 Å². The summed E-state index contributed by atoms with van der Waals surface area (Å²) >= 11 is 0. The zero-order valence-electron chi connectivity index (χ0n) is 11.4. The third-order valence-corrected chi connectivity index (χ3v) is 3.58. The third-order valence-electron chi connectivity index (χ3n) is 3.58. The minimum Gasteiger partial charge on any atom is -0.391 e. The molecule has 2 rings (SSSR count). The first-order valence-electron chi connectivity index (χ1n) is 6.70. The molecule has 0 aromatic heterocycles. The summed E-state index contributed by atoms with van der Waals surface area (Å²) in [5.74, 6) is 0.564. The molecular formula is C15H23NO2. The summed E-state index contributed by atoms with van der Waals surface area (Å²) in [7, 11) is 0. The van der Waals surface area contributed by atoms with Crippen LogP contribution in [0.25, 0.3) is 0 Å². The van der Waals surface area contributed by atoms with E-state index in [9.17, 15) is 5.11 Å². The first-order chi connectivity index (χ1) is 8.53. The summed E-state index contributed by atoms with van der Waals surface area (Å²) in [5, 5.41) is 9.70. The lowest BCUT2D eigenvalue weighted by Crippen LogP contribution is -2.37. The Morgan fingerprint density at radius 3 is 2.50 bits per heavy atom. The van der Waals surface area contributed by atoms with Crippen molar-refractivity contribution < 1.29 is 9.94 Å². The molecule has 0 saturated carbocycles. The maximum atomic E-state index is 9.70. The Bertz CT molecular complexity index is 377. The first kappa shape index (κ1) is 13.5. The molecule has 1 aromatic carbocycles. The fourth-order valence-corrected chi connectivity index (χ4v) is 2.76. The second-order valence-electron chi connectivity index (χ2n) is 5.75. The van der Waals surface area contributed by atoms with Crippen LogP contribution in [0.1, 0.15) is 39.2 Å². The van der Waals surface area contributed by atoms with Crippen molar-refractivity contribution in [2.45, 2.75) is 51.4 Å². The second-order valence-corrected chi connectivity index (χ2v) is 5.75. The van der Waals surface area contributed by atoms with Gasteiger partial charge in [-0.2, -0.15) is 5.48 Å². The molecule has 3 heteroatoms. The SMILES string of the molecule is CC(C)C[C@]1(c2ccccc2)C[C@H]([C@@H](C)O)ON1. The van der Waals surface area contributed by atoms with Crippen molar-refractivity contribution in [1.82, 2.24) is 5.48 Å². The summed E-state index contributed by atoms with van der Waals surface area (Å²) in [6.07, 6.45) is 1.23. The van der Waals surface area contributed by atoms with Gasteiger partial charge in [-0.3, -0.25) is 4.84 Å². The van der Waals surface area contributed by atoms with Gasteiger partial charge in [-0.25, -0.2) is 0 Å². The number of aliphatic hydroxyl groups is 1. The molecule has 1 aliphatic rings. The number of hydroxylamine groups is 1. The fraction of sp³-hybridized carbons (Fsp3) is 0.600. The molecule has 1 aliphatic heterocycles. The molecule has 18 heavy (non-hydrogen) atoms. The van der Waals surface area contributed by atoms with Gasteiger partial charge in [0.2, 0.25) is 0 Å². The minimum absolute atomic E-state index is 0.135. The van der Waals surface area contributed by atoms with Crippen LogP contribution in [0.5, 0.6) is 0 Å². The van der Waals surface area contributed by atoms with Crippen molar-refractivity contribution in [1.29, 1.82) is 0 Å². The summed E-state index contributed by atoms with van der Waals surface area (Å²) < 4.78 is 0. The highest BCUT2D eigenvalue weighted by atomic mass is 16.7. The highest BCUT2D eigenvalue weighted by molar-refractivity contribution is 5.25. The lowest BCUT2D eigenvalue weighted by atomic mass is 9.79. The summed E-state index contributed by atoms with van der Waals surface area (Å²) in [6, 6.07) is 10.4. The molecule has 1 heterocycles. The van der Waals surface area contributed by atoms with Crippen molar-refractivity contribution in [2.24, 2.45) is 5.92 Å². The molecule has 0 radical (unpaired) electrons. The smallest absolute Gasteiger partial charge is 0.107 e. The molecule has 1 fully saturated rings. The van der Waals surface area contributed by atoms with Gasteiger partial charge in [0.1, 0.15) is 6.10 Å².